The van der Waals surface area contributed by atoms with Crippen LogP contribution in [0.15, 0.2) is 81.4 Å². The number of carbonyl (C=O) groups is 2. The molecule has 0 spiro atoms. The molecular weight excluding hydrogens is 468 g/mol. The van der Waals surface area contributed by atoms with E-state index in [1.165, 1.54) is 22.5 Å². The highest BCUT2D eigenvalue weighted by molar-refractivity contribution is 9.10. The smallest absolute Gasteiger partial charge is 0.302 e. The monoisotopic (exact) mass is 480 g/mol. The van der Waals surface area contributed by atoms with E-state index in [1.54, 1.807) is 36.4 Å². The van der Waals surface area contributed by atoms with E-state index in [2.05, 4.69) is 20.9 Å². The second kappa shape index (κ2) is 7.23. The summed E-state index contributed by atoms with van der Waals surface area (Å²) in [5.74, 6) is -1.43. The van der Waals surface area contributed by atoms with Crippen LogP contribution in [0.4, 0.5) is 5.13 Å². The summed E-state index contributed by atoms with van der Waals surface area (Å²) in [6, 6.07) is 16.8. The minimum absolute atomic E-state index is 0.0310. The molecule has 30 heavy (non-hydrogen) atoms. The number of thiazole rings is 1. The Kier molecular flexibility index (Phi) is 4.52. The van der Waals surface area contributed by atoms with Gasteiger partial charge < -0.3 is 9.52 Å². The number of anilines is 1. The van der Waals surface area contributed by atoms with Crippen molar-refractivity contribution in [2.75, 3.05) is 4.90 Å². The summed E-state index contributed by atoms with van der Waals surface area (Å²) in [6.45, 7) is 0. The zero-order valence-corrected chi connectivity index (χ0v) is 17.7. The Morgan fingerprint density at radius 1 is 1.07 bits per heavy atom. The molecule has 1 fully saturated rings. The van der Waals surface area contributed by atoms with Gasteiger partial charge in [-0.1, -0.05) is 51.5 Å². The van der Waals surface area contributed by atoms with Gasteiger partial charge in [-0.15, -0.1) is 0 Å². The summed E-state index contributed by atoms with van der Waals surface area (Å²) >= 11 is 4.65. The van der Waals surface area contributed by atoms with Crippen LogP contribution < -0.4 is 4.90 Å². The lowest BCUT2D eigenvalue weighted by Crippen LogP contribution is -2.29. The van der Waals surface area contributed by atoms with Crippen LogP contribution in [-0.4, -0.2) is 21.8 Å². The number of Topliss-reactive ketones (excluding diaryl/α,β-unsaturated/α-hetero) is 1. The molecular formula is C22H13BrN2O4S. The lowest BCUT2D eigenvalue weighted by Gasteiger charge is -2.20. The van der Waals surface area contributed by atoms with Crippen LogP contribution in [-0.2, 0) is 9.59 Å². The second-order valence-electron chi connectivity index (χ2n) is 6.66. The molecule has 1 unspecified atom stereocenters. The standard InChI is InChI=1S/C22H13BrN2O4S/c23-13-9-7-12(8-10-13)19(26)17-18(15-5-3-11-29-15)25(21(28)20(17)27)22-24-14-4-1-2-6-16(14)30-22/h1-11,18,26H/b19-17+. The van der Waals surface area contributed by atoms with Crippen molar-refractivity contribution in [3.05, 3.63) is 88.3 Å². The number of hydrogen-bond donors (Lipinski definition) is 1. The Labute approximate surface area is 183 Å². The van der Waals surface area contributed by atoms with E-state index >= 15 is 0 Å². The fourth-order valence-corrected chi connectivity index (χ4v) is 4.73. The number of furan rings is 1. The van der Waals surface area contributed by atoms with Gasteiger partial charge in [0.2, 0.25) is 0 Å². The van der Waals surface area contributed by atoms with Gasteiger partial charge in [-0.25, -0.2) is 4.98 Å². The third-order valence-electron chi connectivity index (χ3n) is 4.86. The SMILES string of the molecule is O=C1C(=O)N(c2nc3ccccc3s2)C(c2ccco2)/C1=C(\O)c1ccc(Br)cc1. The average molecular weight is 481 g/mol. The first kappa shape index (κ1) is 18.8. The Morgan fingerprint density at radius 3 is 2.53 bits per heavy atom. The largest absolute Gasteiger partial charge is 0.507 e. The minimum Gasteiger partial charge on any atom is -0.507 e. The third-order valence-corrected chi connectivity index (χ3v) is 6.43. The maximum Gasteiger partial charge on any atom is 0.302 e. The van der Waals surface area contributed by atoms with E-state index in [0.29, 0.717) is 16.5 Å². The van der Waals surface area contributed by atoms with Crippen molar-refractivity contribution in [3.8, 4) is 0 Å². The van der Waals surface area contributed by atoms with Crippen molar-refractivity contribution in [2.24, 2.45) is 0 Å². The van der Waals surface area contributed by atoms with E-state index in [0.717, 1.165) is 14.7 Å². The molecule has 1 N–H and O–H groups in total. The Balaban J connectivity index is 1.71. The number of rotatable bonds is 3. The normalized spacial score (nSPS) is 18.4. The molecule has 3 heterocycles. The molecule has 0 radical (unpaired) electrons. The number of para-hydroxylation sites is 1. The number of fused-ring (bicyclic) bond motifs is 1. The van der Waals surface area contributed by atoms with Crippen LogP contribution in [0, 0.1) is 0 Å². The van der Waals surface area contributed by atoms with Gasteiger partial charge in [0.15, 0.2) is 5.13 Å². The van der Waals surface area contributed by atoms with Gasteiger partial charge >= 0.3 is 5.91 Å². The van der Waals surface area contributed by atoms with E-state index in [1.807, 2.05) is 24.3 Å². The fourth-order valence-electron chi connectivity index (χ4n) is 3.47. The highest BCUT2D eigenvalue weighted by Gasteiger charge is 2.49. The topological polar surface area (TPSA) is 83.6 Å². The molecule has 8 heteroatoms. The summed E-state index contributed by atoms with van der Waals surface area (Å²) < 4.78 is 7.27. The molecule has 2 aromatic carbocycles. The summed E-state index contributed by atoms with van der Waals surface area (Å²) in [5, 5.41) is 11.3. The van der Waals surface area contributed by atoms with Crippen molar-refractivity contribution in [3.63, 3.8) is 0 Å². The third kappa shape index (κ3) is 2.96. The number of ketones is 1. The number of halogens is 1. The highest BCUT2D eigenvalue weighted by atomic mass is 79.9. The molecule has 1 aliphatic heterocycles. The van der Waals surface area contributed by atoms with E-state index in [-0.39, 0.29) is 11.3 Å². The van der Waals surface area contributed by atoms with Crippen LogP contribution in [0.25, 0.3) is 16.0 Å². The zero-order chi connectivity index (χ0) is 20.8. The van der Waals surface area contributed by atoms with Gasteiger partial charge in [0.25, 0.3) is 5.78 Å². The molecule has 1 saturated heterocycles. The van der Waals surface area contributed by atoms with Crippen molar-refractivity contribution in [2.45, 2.75) is 6.04 Å². The number of amides is 1. The number of aromatic nitrogens is 1. The maximum absolute atomic E-state index is 13.0. The van der Waals surface area contributed by atoms with Gasteiger partial charge in [-0.3, -0.25) is 14.5 Å². The summed E-state index contributed by atoms with van der Waals surface area (Å²) in [4.78, 5) is 31.9. The first-order valence-electron chi connectivity index (χ1n) is 9.00. The summed E-state index contributed by atoms with van der Waals surface area (Å²) in [5.41, 5.74) is 1.12. The number of aliphatic hydroxyl groups is 1. The average Bonchev–Trinajstić information content (AvgIpc) is 3.47. The molecule has 1 amide bonds. The number of nitrogens with zero attached hydrogens (tertiary/aromatic N) is 2. The number of hydrogen-bond acceptors (Lipinski definition) is 6. The highest BCUT2D eigenvalue weighted by Crippen LogP contribution is 2.44. The summed E-state index contributed by atoms with van der Waals surface area (Å²) in [7, 11) is 0. The van der Waals surface area contributed by atoms with E-state index in [4.69, 9.17) is 4.42 Å². The van der Waals surface area contributed by atoms with E-state index in [9.17, 15) is 14.7 Å². The van der Waals surface area contributed by atoms with Gasteiger partial charge in [0.1, 0.15) is 17.6 Å². The van der Waals surface area contributed by atoms with Crippen LogP contribution in [0.2, 0.25) is 0 Å². The fraction of sp³-hybridized carbons (Fsp3) is 0.0455. The quantitative estimate of drug-likeness (QED) is 0.245. The maximum atomic E-state index is 13.0. The lowest BCUT2D eigenvalue weighted by atomic mass is 9.99. The number of benzene rings is 2. The number of aliphatic hydroxyl groups excluding tert-OH is 1. The number of carbonyl (C=O) groups excluding carboxylic acids is 2. The molecule has 0 saturated carbocycles. The molecule has 148 valence electrons. The van der Waals surface area contributed by atoms with Crippen LogP contribution >= 0.6 is 27.3 Å². The van der Waals surface area contributed by atoms with Crippen molar-refractivity contribution >= 4 is 60.1 Å². The molecule has 6 nitrogen and oxygen atoms in total. The van der Waals surface area contributed by atoms with Gasteiger partial charge in [-0.2, -0.15) is 0 Å². The first-order chi connectivity index (χ1) is 14.5. The minimum atomic E-state index is -0.913. The van der Waals surface area contributed by atoms with Gasteiger partial charge in [0.05, 0.1) is 22.1 Å². The molecule has 2 aromatic heterocycles. The first-order valence-corrected chi connectivity index (χ1v) is 10.6. The molecule has 1 atom stereocenters. The predicted octanol–water partition coefficient (Wildman–Crippen LogP) is 5.28. The van der Waals surface area contributed by atoms with Gasteiger partial charge in [-0.05, 0) is 36.4 Å². The molecule has 5 rings (SSSR count). The Morgan fingerprint density at radius 2 is 1.83 bits per heavy atom. The van der Waals surface area contributed by atoms with Crippen molar-refractivity contribution < 1.29 is 19.1 Å². The lowest BCUT2D eigenvalue weighted by molar-refractivity contribution is -0.132. The van der Waals surface area contributed by atoms with Crippen LogP contribution in [0.5, 0.6) is 0 Å². The Hall–Kier alpha value is -3.23. The molecule has 4 aromatic rings. The van der Waals surface area contributed by atoms with Crippen LogP contribution in [0.3, 0.4) is 0 Å². The van der Waals surface area contributed by atoms with E-state index < -0.39 is 17.7 Å². The molecule has 0 aliphatic carbocycles. The second-order valence-corrected chi connectivity index (χ2v) is 8.58. The molecule has 1 aliphatic rings. The van der Waals surface area contributed by atoms with Crippen molar-refractivity contribution in [1.29, 1.82) is 0 Å². The molecule has 0 bridgehead atoms. The van der Waals surface area contributed by atoms with Crippen molar-refractivity contribution in [1.82, 2.24) is 4.98 Å². The Bertz CT molecular complexity index is 1280. The van der Waals surface area contributed by atoms with Gasteiger partial charge in [0, 0.05) is 10.0 Å². The van der Waals surface area contributed by atoms with Crippen LogP contribution in [0.1, 0.15) is 17.4 Å². The summed E-state index contributed by atoms with van der Waals surface area (Å²) in [6.07, 6.45) is 1.47. The predicted molar refractivity (Wildman–Crippen MR) is 117 cm³/mol. The zero-order valence-electron chi connectivity index (χ0n) is 15.3.